The maximum absolute atomic E-state index is 12.8. The lowest BCUT2D eigenvalue weighted by atomic mass is 9.97. The van der Waals surface area contributed by atoms with E-state index in [-0.39, 0.29) is 11.9 Å². The average molecular weight is 397 g/mol. The molecule has 0 bridgehead atoms. The van der Waals surface area contributed by atoms with E-state index in [1.165, 1.54) is 0 Å². The third-order valence-corrected chi connectivity index (χ3v) is 5.58. The van der Waals surface area contributed by atoms with Gasteiger partial charge in [0.2, 0.25) is 12.4 Å². The van der Waals surface area contributed by atoms with E-state index in [1.54, 1.807) is 12.4 Å². The van der Waals surface area contributed by atoms with Crippen molar-refractivity contribution in [2.75, 3.05) is 0 Å². The zero-order valence-electron chi connectivity index (χ0n) is 16.5. The SMILES string of the molecule is C[C@@H](NC(=O)C1=Nc2cc3c(cc2C1)CN=C3c1cc[n+](O)cc1)c1ccccc1. The molecule has 2 aromatic carbocycles. The van der Waals surface area contributed by atoms with Crippen LogP contribution in [0.25, 0.3) is 0 Å². The Morgan fingerprint density at radius 2 is 1.87 bits per heavy atom. The topological polar surface area (TPSA) is 77.9 Å². The third-order valence-electron chi connectivity index (χ3n) is 5.58. The molecule has 6 heteroatoms. The van der Waals surface area contributed by atoms with Crippen molar-refractivity contribution in [2.45, 2.75) is 25.9 Å². The average Bonchev–Trinajstić information content (AvgIpc) is 3.37. The van der Waals surface area contributed by atoms with Crippen LogP contribution in [0.3, 0.4) is 0 Å². The maximum Gasteiger partial charge on any atom is 0.266 e. The van der Waals surface area contributed by atoms with E-state index < -0.39 is 0 Å². The normalized spacial score (nSPS) is 15.1. The van der Waals surface area contributed by atoms with E-state index in [2.05, 4.69) is 21.4 Å². The molecular formula is C24H21N4O2+. The molecule has 1 amide bonds. The second-order valence-electron chi connectivity index (χ2n) is 7.61. The van der Waals surface area contributed by atoms with Crippen LogP contribution in [0.4, 0.5) is 5.69 Å². The highest BCUT2D eigenvalue weighted by Gasteiger charge is 2.26. The first-order valence-electron chi connectivity index (χ1n) is 9.93. The summed E-state index contributed by atoms with van der Waals surface area (Å²) in [6.45, 7) is 2.58. The van der Waals surface area contributed by atoms with Crippen molar-refractivity contribution in [3.63, 3.8) is 0 Å². The quantitative estimate of drug-likeness (QED) is 0.524. The van der Waals surface area contributed by atoms with Crippen LogP contribution >= 0.6 is 0 Å². The summed E-state index contributed by atoms with van der Waals surface area (Å²) in [6.07, 6.45) is 3.69. The van der Waals surface area contributed by atoms with E-state index in [9.17, 15) is 10.0 Å². The zero-order valence-corrected chi connectivity index (χ0v) is 16.5. The Balaban J connectivity index is 1.37. The molecule has 148 valence electrons. The minimum atomic E-state index is -0.132. The standard InChI is InChI=1S/C24H20N4O2/c1-15(16-5-3-2-4-6-16)26-24(29)22-12-18-11-19-14-25-23(20(19)13-21(18)27-22)17-7-9-28(30)10-8-17/h2-11,13,15H,12,14H2,1H3,(H-,25,26,29,30)/p+1/t15-/m1/s1. The molecule has 0 saturated heterocycles. The molecule has 2 aliphatic heterocycles. The van der Waals surface area contributed by atoms with Crippen LogP contribution < -0.4 is 10.0 Å². The molecule has 2 aliphatic rings. The van der Waals surface area contributed by atoms with Gasteiger partial charge in [-0.2, -0.15) is 0 Å². The van der Waals surface area contributed by atoms with Crippen molar-refractivity contribution in [3.8, 4) is 0 Å². The first-order chi connectivity index (χ1) is 14.6. The number of aliphatic imine (C=N–C) groups is 2. The Hall–Kier alpha value is -3.80. The number of pyridine rings is 1. The fourth-order valence-corrected chi connectivity index (χ4v) is 3.96. The van der Waals surface area contributed by atoms with Crippen molar-refractivity contribution in [1.29, 1.82) is 0 Å². The van der Waals surface area contributed by atoms with Gasteiger partial charge in [-0.25, -0.2) is 4.99 Å². The summed E-state index contributed by atoms with van der Waals surface area (Å²) >= 11 is 0. The van der Waals surface area contributed by atoms with Gasteiger partial charge in [-0.05, 0) is 29.7 Å². The first-order valence-corrected chi connectivity index (χ1v) is 9.93. The molecule has 0 unspecified atom stereocenters. The second-order valence-corrected chi connectivity index (χ2v) is 7.61. The van der Waals surface area contributed by atoms with E-state index in [4.69, 9.17) is 0 Å². The summed E-state index contributed by atoms with van der Waals surface area (Å²) in [6, 6.07) is 17.6. The minimum Gasteiger partial charge on any atom is -0.344 e. The number of carbonyl (C=O) groups excluding carboxylic acids is 1. The van der Waals surface area contributed by atoms with Crippen LogP contribution in [0.5, 0.6) is 0 Å². The zero-order chi connectivity index (χ0) is 20.7. The van der Waals surface area contributed by atoms with Crippen molar-refractivity contribution < 1.29 is 14.7 Å². The van der Waals surface area contributed by atoms with Crippen molar-refractivity contribution in [1.82, 2.24) is 5.32 Å². The van der Waals surface area contributed by atoms with E-state index in [0.29, 0.717) is 18.7 Å². The highest BCUT2D eigenvalue weighted by Crippen LogP contribution is 2.34. The van der Waals surface area contributed by atoms with E-state index in [0.717, 1.165) is 43.9 Å². The van der Waals surface area contributed by atoms with E-state index in [1.807, 2.05) is 55.5 Å². The summed E-state index contributed by atoms with van der Waals surface area (Å²) in [5, 5.41) is 12.5. The van der Waals surface area contributed by atoms with Gasteiger partial charge in [-0.3, -0.25) is 15.0 Å². The van der Waals surface area contributed by atoms with Gasteiger partial charge in [-0.15, -0.1) is 0 Å². The highest BCUT2D eigenvalue weighted by molar-refractivity contribution is 6.41. The maximum atomic E-state index is 12.8. The lowest BCUT2D eigenvalue weighted by Gasteiger charge is -2.14. The van der Waals surface area contributed by atoms with Crippen LogP contribution in [0, 0.1) is 0 Å². The van der Waals surface area contributed by atoms with Gasteiger partial charge in [0.25, 0.3) is 5.91 Å². The molecule has 0 fully saturated rings. The van der Waals surface area contributed by atoms with Crippen LogP contribution in [0.15, 0.2) is 77.0 Å². The number of hydrogen-bond acceptors (Lipinski definition) is 4. The van der Waals surface area contributed by atoms with Crippen LogP contribution in [0.2, 0.25) is 0 Å². The number of fused-ring (bicyclic) bond motifs is 2. The Bertz CT molecular complexity index is 1200. The molecule has 2 N–H and O–H groups in total. The molecule has 0 aliphatic carbocycles. The van der Waals surface area contributed by atoms with Crippen molar-refractivity contribution >= 4 is 23.0 Å². The van der Waals surface area contributed by atoms with Crippen LogP contribution in [-0.2, 0) is 17.8 Å². The molecule has 3 heterocycles. The van der Waals surface area contributed by atoms with Gasteiger partial charge < -0.3 is 5.32 Å². The summed E-state index contributed by atoms with van der Waals surface area (Å²) < 4.78 is 1.01. The molecule has 1 aromatic heterocycles. The van der Waals surface area contributed by atoms with Crippen LogP contribution in [-0.4, -0.2) is 22.5 Å². The molecule has 0 spiro atoms. The molecular weight excluding hydrogens is 376 g/mol. The molecule has 30 heavy (non-hydrogen) atoms. The van der Waals surface area contributed by atoms with E-state index >= 15 is 0 Å². The van der Waals surface area contributed by atoms with Gasteiger partial charge >= 0.3 is 0 Å². The number of aromatic nitrogens is 1. The van der Waals surface area contributed by atoms with Gasteiger partial charge in [0.1, 0.15) is 5.71 Å². The highest BCUT2D eigenvalue weighted by atomic mass is 16.5. The number of nitrogens with one attached hydrogen (secondary N) is 1. The number of benzene rings is 2. The molecule has 0 saturated carbocycles. The largest absolute Gasteiger partial charge is 0.344 e. The summed E-state index contributed by atoms with van der Waals surface area (Å²) in [5.74, 6) is -0.132. The van der Waals surface area contributed by atoms with Gasteiger partial charge in [0.05, 0.1) is 24.0 Å². The fourth-order valence-electron chi connectivity index (χ4n) is 3.96. The monoisotopic (exact) mass is 397 g/mol. The Labute approximate surface area is 174 Å². The minimum absolute atomic E-state index is 0.0822. The summed E-state index contributed by atoms with van der Waals surface area (Å²) in [4.78, 5) is 22.1. The Morgan fingerprint density at radius 3 is 2.63 bits per heavy atom. The first kappa shape index (κ1) is 18.2. The lowest BCUT2D eigenvalue weighted by molar-refractivity contribution is -0.904. The van der Waals surface area contributed by atoms with Crippen molar-refractivity contribution in [2.24, 2.45) is 9.98 Å². The summed E-state index contributed by atoms with van der Waals surface area (Å²) in [7, 11) is 0. The number of nitrogens with zero attached hydrogens (tertiary/aromatic N) is 3. The molecule has 6 nitrogen and oxygen atoms in total. The third kappa shape index (κ3) is 3.26. The predicted molar refractivity (Wildman–Crippen MR) is 113 cm³/mol. The predicted octanol–water partition coefficient (Wildman–Crippen LogP) is 3.07. The van der Waals surface area contributed by atoms with Gasteiger partial charge in [0, 0.05) is 34.4 Å². The van der Waals surface area contributed by atoms with Gasteiger partial charge in [0.15, 0.2) is 0 Å². The number of carbonyl (C=O) groups is 1. The molecule has 0 radical (unpaired) electrons. The van der Waals surface area contributed by atoms with Crippen LogP contribution in [0.1, 0.15) is 40.8 Å². The fraction of sp³-hybridized carbons (Fsp3) is 0.167. The lowest BCUT2D eigenvalue weighted by Crippen LogP contribution is -2.33. The molecule has 1 atom stereocenters. The number of hydrogen-bond donors (Lipinski definition) is 2. The Kier molecular flexibility index (Phi) is 4.39. The van der Waals surface area contributed by atoms with Crippen molar-refractivity contribution in [3.05, 3.63) is 94.8 Å². The summed E-state index contributed by atoms with van der Waals surface area (Å²) in [5.41, 5.74) is 7.49. The number of amides is 1. The number of rotatable bonds is 4. The Morgan fingerprint density at radius 1 is 1.10 bits per heavy atom. The smallest absolute Gasteiger partial charge is 0.266 e. The molecule has 5 rings (SSSR count). The molecule has 3 aromatic rings. The van der Waals surface area contributed by atoms with Gasteiger partial charge in [-0.1, -0.05) is 36.4 Å². The second kappa shape index (κ2) is 7.22.